The number of para-hydroxylation sites is 2. The van der Waals surface area contributed by atoms with Crippen LogP contribution in [0.2, 0.25) is 0 Å². The highest BCUT2D eigenvalue weighted by Crippen LogP contribution is 2.45. The van der Waals surface area contributed by atoms with E-state index in [2.05, 4.69) is 216 Å². The summed E-state index contributed by atoms with van der Waals surface area (Å²) in [7, 11) is 0. The predicted molar refractivity (Wildman–Crippen MR) is 237 cm³/mol. The van der Waals surface area contributed by atoms with Gasteiger partial charge in [0.05, 0.1) is 16.7 Å². The molecule has 9 aromatic carbocycles. The van der Waals surface area contributed by atoms with Crippen molar-refractivity contribution in [1.82, 2.24) is 4.57 Å². The van der Waals surface area contributed by atoms with Crippen molar-refractivity contribution in [2.45, 2.75) is 0 Å². The molecule has 0 aliphatic rings. The van der Waals surface area contributed by atoms with E-state index < -0.39 is 0 Å². The van der Waals surface area contributed by atoms with Gasteiger partial charge in [-0.25, -0.2) is 0 Å². The molecular formula is C52H34N2S. The number of aromatic nitrogens is 1. The lowest BCUT2D eigenvalue weighted by molar-refractivity contribution is 1.18. The van der Waals surface area contributed by atoms with Crippen molar-refractivity contribution < 1.29 is 0 Å². The summed E-state index contributed by atoms with van der Waals surface area (Å²) in [6, 6.07) is 75.1. The molecule has 0 radical (unpaired) electrons. The average molecular weight is 719 g/mol. The smallest absolute Gasteiger partial charge is 0.0547 e. The monoisotopic (exact) mass is 718 g/mol. The Morgan fingerprint density at radius 3 is 1.89 bits per heavy atom. The zero-order valence-corrected chi connectivity index (χ0v) is 30.7. The number of thiophene rings is 1. The van der Waals surface area contributed by atoms with Crippen LogP contribution in [0.5, 0.6) is 0 Å². The molecule has 2 heterocycles. The molecule has 0 amide bonds. The molecule has 258 valence electrons. The molecule has 3 heteroatoms. The number of nitrogens with zero attached hydrogens (tertiary/aromatic N) is 2. The Morgan fingerprint density at radius 2 is 1.04 bits per heavy atom. The van der Waals surface area contributed by atoms with E-state index in [-0.39, 0.29) is 0 Å². The van der Waals surface area contributed by atoms with Crippen LogP contribution in [0.15, 0.2) is 206 Å². The Hall–Kier alpha value is -6.94. The van der Waals surface area contributed by atoms with Gasteiger partial charge in [-0.2, -0.15) is 0 Å². The molecule has 0 aliphatic carbocycles. The molecule has 11 rings (SSSR count). The molecule has 0 aliphatic heterocycles. The summed E-state index contributed by atoms with van der Waals surface area (Å²) in [6.07, 6.45) is 0. The van der Waals surface area contributed by atoms with Gasteiger partial charge < -0.3 is 9.47 Å². The second kappa shape index (κ2) is 12.9. The van der Waals surface area contributed by atoms with Crippen molar-refractivity contribution in [2.24, 2.45) is 0 Å². The van der Waals surface area contributed by atoms with Gasteiger partial charge in [-0.1, -0.05) is 140 Å². The first-order valence-corrected chi connectivity index (χ1v) is 19.6. The molecule has 0 fully saturated rings. The molecule has 2 nitrogen and oxygen atoms in total. The number of fused-ring (bicyclic) bond motifs is 8. The Balaban J connectivity index is 1.07. The first-order valence-electron chi connectivity index (χ1n) is 18.8. The largest absolute Gasteiger partial charge is 0.310 e. The zero-order valence-electron chi connectivity index (χ0n) is 29.9. The number of hydrogen-bond donors (Lipinski definition) is 0. The van der Waals surface area contributed by atoms with Gasteiger partial charge in [0.15, 0.2) is 0 Å². The van der Waals surface area contributed by atoms with Crippen molar-refractivity contribution in [1.29, 1.82) is 0 Å². The zero-order chi connectivity index (χ0) is 36.3. The molecular weight excluding hydrogens is 685 g/mol. The SMILES string of the molecule is c1ccc(-c2ccccc2N(c2ccc(-c3ccc4c(c3)c3c5ccccc5ccc3n4-c3ccccc3)cc2)c2ccc3c(c2)sc2ccccc23)cc1. The molecule has 2 aromatic heterocycles. The highest BCUT2D eigenvalue weighted by Gasteiger charge is 2.20. The lowest BCUT2D eigenvalue weighted by Gasteiger charge is -2.28. The maximum atomic E-state index is 2.42. The molecule has 11 aromatic rings. The van der Waals surface area contributed by atoms with Crippen LogP contribution in [0.25, 0.3) is 80.7 Å². The van der Waals surface area contributed by atoms with Crippen molar-refractivity contribution in [3.8, 4) is 27.9 Å². The van der Waals surface area contributed by atoms with Gasteiger partial charge in [-0.3, -0.25) is 0 Å². The Kier molecular flexibility index (Phi) is 7.39. The summed E-state index contributed by atoms with van der Waals surface area (Å²) in [5.41, 5.74) is 11.7. The summed E-state index contributed by atoms with van der Waals surface area (Å²) >= 11 is 1.86. The van der Waals surface area contributed by atoms with Crippen LogP contribution < -0.4 is 4.90 Å². The van der Waals surface area contributed by atoms with Gasteiger partial charge in [0, 0.05) is 53.6 Å². The standard InChI is InChI=1S/C52H34N2S/c1-3-13-36(14-4-1)42-18-9-11-21-47(42)53(41-29-30-45-44-20-10-12-22-50(44)55-51(45)34-41)40-27-23-35(24-28-40)38-26-31-48-46(33-38)52-43-19-8-7-15-37(43)25-32-49(52)54(48)39-16-5-2-6-17-39/h1-34H. The normalized spacial score (nSPS) is 11.6. The fourth-order valence-corrected chi connectivity index (χ4v) is 9.58. The van der Waals surface area contributed by atoms with E-state index >= 15 is 0 Å². The average Bonchev–Trinajstić information content (AvgIpc) is 3.80. The molecule has 0 bridgehead atoms. The maximum Gasteiger partial charge on any atom is 0.0547 e. The van der Waals surface area contributed by atoms with E-state index in [0.29, 0.717) is 0 Å². The molecule has 0 atom stereocenters. The molecule has 0 saturated heterocycles. The topological polar surface area (TPSA) is 8.17 Å². The van der Waals surface area contributed by atoms with Gasteiger partial charge in [0.1, 0.15) is 0 Å². The predicted octanol–water partition coefficient (Wildman–Crippen LogP) is 15.1. The van der Waals surface area contributed by atoms with Crippen molar-refractivity contribution in [2.75, 3.05) is 4.90 Å². The van der Waals surface area contributed by atoms with Crippen LogP contribution in [-0.4, -0.2) is 4.57 Å². The third kappa shape index (κ3) is 5.24. The fourth-order valence-electron chi connectivity index (χ4n) is 8.44. The van der Waals surface area contributed by atoms with Crippen molar-refractivity contribution in [3.63, 3.8) is 0 Å². The Bertz CT molecular complexity index is 3190. The number of hydrogen-bond acceptors (Lipinski definition) is 2. The quantitative estimate of drug-likeness (QED) is 0.166. The van der Waals surface area contributed by atoms with Crippen LogP contribution in [0, 0.1) is 0 Å². The Morgan fingerprint density at radius 1 is 0.382 bits per heavy atom. The highest BCUT2D eigenvalue weighted by atomic mass is 32.1. The third-order valence-corrected chi connectivity index (χ3v) is 12.1. The molecule has 0 N–H and O–H groups in total. The minimum Gasteiger partial charge on any atom is -0.310 e. The second-order valence-corrected chi connectivity index (χ2v) is 15.2. The van der Waals surface area contributed by atoms with Crippen LogP contribution in [0.1, 0.15) is 0 Å². The van der Waals surface area contributed by atoms with E-state index in [0.717, 1.165) is 17.1 Å². The minimum atomic E-state index is 1.11. The first-order chi connectivity index (χ1) is 27.3. The van der Waals surface area contributed by atoms with Crippen LogP contribution in [0.4, 0.5) is 17.1 Å². The summed E-state index contributed by atoms with van der Waals surface area (Å²) in [5.74, 6) is 0. The summed E-state index contributed by atoms with van der Waals surface area (Å²) in [6.45, 7) is 0. The van der Waals surface area contributed by atoms with Crippen LogP contribution in [0.3, 0.4) is 0 Å². The summed E-state index contributed by atoms with van der Waals surface area (Å²) in [4.78, 5) is 2.42. The van der Waals surface area contributed by atoms with E-state index in [9.17, 15) is 0 Å². The number of benzene rings is 9. The molecule has 0 unspecified atom stereocenters. The van der Waals surface area contributed by atoms with Gasteiger partial charge >= 0.3 is 0 Å². The summed E-state index contributed by atoms with van der Waals surface area (Å²) in [5, 5.41) is 7.68. The van der Waals surface area contributed by atoms with Crippen LogP contribution in [-0.2, 0) is 0 Å². The fraction of sp³-hybridized carbons (Fsp3) is 0. The molecule has 0 saturated carbocycles. The lowest BCUT2D eigenvalue weighted by atomic mass is 9.99. The third-order valence-electron chi connectivity index (χ3n) is 11.0. The van der Waals surface area contributed by atoms with Gasteiger partial charge in [0.2, 0.25) is 0 Å². The van der Waals surface area contributed by atoms with Crippen LogP contribution >= 0.6 is 11.3 Å². The van der Waals surface area contributed by atoms with E-state index in [1.54, 1.807) is 0 Å². The molecule has 55 heavy (non-hydrogen) atoms. The first kappa shape index (κ1) is 31.6. The lowest BCUT2D eigenvalue weighted by Crippen LogP contribution is -2.11. The molecule has 0 spiro atoms. The maximum absolute atomic E-state index is 2.42. The van der Waals surface area contributed by atoms with Gasteiger partial charge in [0.25, 0.3) is 0 Å². The van der Waals surface area contributed by atoms with Crippen molar-refractivity contribution in [3.05, 3.63) is 206 Å². The van der Waals surface area contributed by atoms with E-state index in [1.807, 2.05) is 11.3 Å². The van der Waals surface area contributed by atoms with Gasteiger partial charge in [-0.15, -0.1) is 11.3 Å². The Labute approximate surface area is 323 Å². The van der Waals surface area contributed by atoms with E-state index in [1.165, 1.54) is 80.7 Å². The minimum absolute atomic E-state index is 1.11. The number of rotatable bonds is 6. The highest BCUT2D eigenvalue weighted by molar-refractivity contribution is 7.25. The summed E-state index contributed by atoms with van der Waals surface area (Å²) < 4.78 is 5.00. The number of anilines is 3. The van der Waals surface area contributed by atoms with Crippen molar-refractivity contribution >= 4 is 81.1 Å². The van der Waals surface area contributed by atoms with E-state index in [4.69, 9.17) is 0 Å². The second-order valence-electron chi connectivity index (χ2n) is 14.1. The van der Waals surface area contributed by atoms with Gasteiger partial charge in [-0.05, 0) is 94.2 Å².